The van der Waals surface area contributed by atoms with Crippen molar-refractivity contribution in [3.8, 4) is 0 Å². The van der Waals surface area contributed by atoms with Crippen LogP contribution in [0.3, 0.4) is 0 Å². The second-order valence-corrected chi connectivity index (χ2v) is 10.5. The Balaban J connectivity index is 1.83. The number of nitrogens with one attached hydrogen (secondary N) is 1. The van der Waals surface area contributed by atoms with Crippen LogP contribution in [-0.4, -0.2) is 67.2 Å². The third kappa shape index (κ3) is 4.40. The van der Waals surface area contributed by atoms with Gasteiger partial charge in [-0.1, -0.05) is 6.07 Å². The van der Waals surface area contributed by atoms with E-state index in [1.54, 1.807) is 6.07 Å². The van der Waals surface area contributed by atoms with Crippen molar-refractivity contribution in [2.45, 2.75) is 56.7 Å². The molecule has 1 unspecified atom stereocenters. The standard InChI is InChI=1S/C20H27N3O6S/c1-20(2,3)29-11-10-22(4)30(27,28)16-7-5-6-13-14(16)12-23(19(13)26)15-8-9-17(24)21-18(15)25/h5-7,15H,8-12H2,1-4H3,(H,21,24,25). The number of nitrogens with zero attached hydrogens (tertiary/aromatic N) is 2. The fraction of sp³-hybridized carbons (Fsp3) is 0.550. The van der Waals surface area contributed by atoms with Crippen molar-refractivity contribution < 1.29 is 27.5 Å². The molecule has 1 fully saturated rings. The van der Waals surface area contributed by atoms with Gasteiger partial charge in [0.25, 0.3) is 5.91 Å². The number of sulfonamides is 1. The lowest BCUT2D eigenvalue weighted by atomic mass is 10.0. The van der Waals surface area contributed by atoms with Crippen LogP contribution < -0.4 is 5.32 Å². The molecule has 30 heavy (non-hydrogen) atoms. The Morgan fingerprint density at radius 2 is 1.93 bits per heavy atom. The van der Waals surface area contributed by atoms with E-state index in [2.05, 4.69) is 5.32 Å². The van der Waals surface area contributed by atoms with Crippen LogP contribution in [0.15, 0.2) is 23.1 Å². The number of carbonyl (C=O) groups excluding carboxylic acids is 3. The van der Waals surface area contributed by atoms with Gasteiger partial charge in [-0.05, 0) is 39.3 Å². The van der Waals surface area contributed by atoms with Gasteiger partial charge < -0.3 is 9.64 Å². The van der Waals surface area contributed by atoms with E-state index in [1.165, 1.54) is 28.4 Å². The summed E-state index contributed by atoms with van der Waals surface area (Å²) in [7, 11) is -2.39. The summed E-state index contributed by atoms with van der Waals surface area (Å²) < 4.78 is 33.1. The quantitative estimate of drug-likeness (QED) is 0.661. The second kappa shape index (κ2) is 8.09. The van der Waals surface area contributed by atoms with Gasteiger partial charge in [0.1, 0.15) is 6.04 Å². The highest BCUT2D eigenvalue weighted by Gasteiger charge is 2.41. The fourth-order valence-electron chi connectivity index (χ4n) is 3.57. The van der Waals surface area contributed by atoms with Crippen molar-refractivity contribution in [1.29, 1.82) is 0 Å². The van der Waals surface area contributed by atoms with Crippen LogP contribution in [0.2, 0.25) is 0 Å². The highest BCUT2D eigenvalue weighted by molar-refractivity contribution is 7.89. The summed E-state index contributed by atoms with van der Waals surface area (Å²) in [5.74, 6) is -1.31. The Morgan fingerprint density at radius 3 is 2.57 bits per heavy atom. The molecule has 10 heteroatoms. The van der Waals surface area contributed by atoms with Crippen molar-refractivity contribution in [3.63, 3.8) is 0 Å². The first-order chi connectivity index (χ1) is 13.9. The predicted molar refractivity (Wildman–Crippen MR) is 108 cm³/mol. The van der Waals surface area contributed by atoms with Crippen molar-refractivity contribution >= 4 is 27.7 Å². The number of benzene rings is 1. The number of carbonyl (C=O) groups is 3. The van der Waals surface area contributed by atoms with Crippen molar-refractivity contribution in [2.75, 3.05) is 20.2 Å². The molecule has 1 N–H and O–H groups in total. The number of hydrogen-bond acceptors (Lipinski definition) is 6. The Bertz CT molecular complexity index is 983. The molecule has 1 saturated heterocycles. The van der Waals surface area contributed by atoms with Crippen molar-refractivity contribution in [3.05, 3.63) is 29.3 Å². The highest BCUT2D eigenvalue weighted by Crippen LogP contribution is 2.32. The minimum Gasteiger partial charge on any atom is -0.374 e. The maximum Gasteiger partial charge on any atom is 0.255 e. The van der Waals surface area contributed by atoms with Gasteiger partial charge in [-0.15, -0.1) is 0 Å². The Kier molecular flexibility index (Phi) is 6.03. The van der Waals surface area contributed by atoms with Crippen LogP contribution in [0, 0.1) is 0 Å². The lowest BCUT2D eigenvalue weighted by Gasteiger charge is -2.29. The molecule has 0 aliphatic carbocycles. The first kappa shape index (κ1) is 22.4. The molecule has 1 aromatic carbocycles. The minimum absolute atomic E-state index is 0.00216. The lowest BCUT2D eigenvalue weighted by molar-refractivity contribution is -0.136. The molecule has 3 rings (SSSR count). The number of fused-ring (bicyclic) bond motifs is 1. The zero-order valence-corrected chi connectivity index (χ0v) is 18.4. The molecule has 2 heterocycles. The number of imide groups is 1. The molecule has 1 atom stereocenters. The van der Waals surface area contributed by atoms with Gasteiger partial charge in [0.15, 0.2) is 0 Å². The molecule has 164 valence electrons. The monoisotopic (exact) mass is 437 g/mol. The Labute approximate surface area is 176 Å². The van der Waals surface area contributed by atoms with E-state index in [9.17, 15) is 22.8 Å². The van der Waals surface area contributed by atoms with Crippen LogP contribution in [0.4, 0.5) is 0 Å². The number of rotatable bonds is 6. The third-order valence-corrected chi connectivity index (χ3v) is 7.11. The maximum absolute atomic E-state index is 13.2. The summed E-state index contributed by atoms with van der Waals surface area (Å²) in [4.78, 5) is 37.9. The average Bonchev–Trinajstić information content (AvgIpc) is 2.97. The molecule has 0 aromatic heterocycles. The van der Waals surface area contributed by atoms with Crippen molar-refractivity contribution in [1.82, 2.24) is 14.5 Å². The van der Waals surface area contributed by atoms with Crippen LogP contribution in [0.5, 0.6) is 0 Å². The zero-order chi connectivity index (χ0) is 22.3. The van der Waals surface area contributed by atoms with E-state index in [0.717, 1.165) is 0 Å². The molecule has 0 saturated carbocycles. The normalized spacial score (nSPS) is 20.0. The summed E-state index contributed by atoms with van der Waals surface area (Å²) in [6.07, 6.45) is 0.356. The highest BCUT2D eigenvalue weighted by atomic mass is 32.2. The SMILES string of the molecule is CN(CCOC(C)(C)C)S(=O)(=O)c1cccc2c1CN(C1CCC(=O)NC1=O)C2=O. The molecule has 0 spiro atoms. The summed E-state index contributed by atoms with van der Waals surface area (Å²) in [6.45, 7) is 6.06. The first-order valence-electron chi connectivity index (χ1n) is 9.78. The van der Waals surface area contributed by atoms with Gasteiger partial charge in [-0.3, -0.25) is 19.7 Å². The van der Waals surface area contributed by atoms with Gasteiger partial charge in [0.05, 0.1) is 17.1 Å². The van der Waals surface area contributed by atoms with Gasteiger partial charge in [-0.2, -0.15) is 4.31 Å². The third-order valence-electron chi connectivity index (χ3n) is 5.17. The van der Waals surface area contributed by atoms with E-state index in [4.69, 9.17) is 4.74 Å². The molecular formula is C20H27N3O6S. The average molecular weight is 438 g/mol. The van der Waals surface area contributed by atoms with Gasteiger partial charge in [0, 0.05) is 37.7 Å². The van der Waals surface area contributed by atoms with Gasteiger partial charge in [0.2, 0.25) is 21.8 Å². The second-order valence-electron chi connectivity index (χ2n) is 8.47. The minimum atomic E-state index is -3.86. The smallest absolute Gasteiger partial charge is 0.255 e. The lowest BCUT2D eigenvalue weighted by Crippen LogP contribution is -2.52. The molecular weight excluding hydrogens is 410 g/mol. The van der Waals surface area contributed by atoms with E-state index in [-0.39, 0.29) is 54.5 Å². The molecule has 1 aromatic rings. The fourth-order valence-corrected chi connectivity index (χ4v) is 4.95. The predicted octanol–water partition coefficient (Wildman–Crippen LogP) is 0.883. The zero-order valence-electron chi connectivity index (χ0n) is 17.6. The van der Waals surface area contributed by atoms with E-state index < -0.39 is 27.9 Å². The summed E-state index contributed by atoms with van der Waals surface area (Å²) >= 11 is 0. The Morgan fingerprint density at radius 1 is 1.23 bits per heavy atom. The molecule has 0 bridgehead atoms. The van der Waals surface area contributed by atoms with E-state index in [0.29, 0.717) is 5.56 Å². The Hall–Kier alpha value is -2.30. The number of hydrogen-bond donors (Lipinski definition) is 1. The summed E-state index contributed by atoms with van der Waals surface area (Å²) in [6, 6.07) is 3.76. The van der Waals surface area contributed by atoms with E-state index in [1.807, 2.05) is 20.8 Å². The largest absolute Gasteiger partial charge is 0.374 e. The number of likely N-dealkylation sites (N-methyl/N-ethyl adjacent to an activating group) is 1. The molecule has 2 aliphatic heterocycles. The molecule has 3 amide bonds. The summed E-state index contributed by atoms with van der Waals surface area (Å²) in [5.41, 5.74) is 0.254. The van der Waals surface area contributed by atoms with Gasteiger partial charge in [-0.25, -0.2) is 8.42 Å². The molecule has 2 aliphatic rings. The molecule has 0 radical (unpaired) electrons. The maximum atomic E-state index is 13.2. The van der Waals surface area contributed by atoms with Crippen LogP contribution >= 0.6 is 0 Å². The van der Waals surface area contributed by atoms with Crippen molar-refractivity contribution in [2.24, 2.45) is 0 Å². The van der Waals surface area contributed by atoms with Gasteiger partial charge >= 0.3 is 0 Å². The summed E-state index contributed by atoms with van der Waals surface area (Å²) in [5, 5.41) is 2.24. The van der Waals surface area contributed by atoms with Crippen LogP contribution in [-0.2, 0) is 30.9 Å². The van der Waals surface area contributed by atoms with Crippen LogP contribution in [0.25, 0.3) is 0 Å². The number of amides is 3. The molecule has 9 nitrogen and oxygen atoms in total. The number of ether oxygens (including phenoxy) is 1. The first-order valence-corrected chi connectivity index (χ1v) is 11.2. The van der Waals surface area contributed by atoms with Crippen LogP contribution in [0.1, 0.15) is 49.5 Å². The number of piperidine rings is 1. The van der Waals surface area contributed by atoms with E-state index >= 15 is 0 Å². The topological polar surface area (TPSA) is 113 Å².